The Balaban J connectivity index is 1.88. The zero-order chi connectivity index (χ0) is 15.0. The number of amides is 1. The van der Waals surface area contributed by atoms with Crippen molar-refractivity contribution in [2.45, 2.75) is 6.92 Å². The Kier molecular flexibility index (Phi) is 3.57. The number of anilines is 1. The van der Waals surface area contributed by atoms with Gasteiger partial charge in [-0.25, -0.2) is 4.98 Å². The van der Waals surface area contributed by atoms with E-state index in [1.165, 1.54) is 12.1 Å². The maximum atomic E-state index is 12.2. The van der Waals surface area contributed by atoms with E-state index in [-0.39, 0.29) is 16.2 Å². The largest absolute Gasteiger partial charge is 0.359 e. The molecule has 0 aliphatic rings. The van der Waals surface area contributed by atoms with Crippen LogP contribution in [0.5, 0.6) is 0 Å². The molecule has 3 rings (SSSR count). The molecular weight excluding hydrogens is 309 g/mol. The van der Waals surface area contributed by atoms with Gasteiger partial charge in [0.05, 0.1) is 0 Å². The Bertz CT molecular complexity index is 822. The molecule has 21 heavy (non-hydrogen) atoms. The number of nitrogens with zero attached hydrogens (tertiary/aromatic N) is 1. The van der Waals surface area contributed by atoms with Crippen LogP contribution >= 0.6 is 23.2 Å². The number of H-pyrrole nitrogens is 1. The summed E-state index contributed by atoms with van der Waals surface area (Å²) in [4.78, 5) is 19.2. The van der Waals surface area contributed by atoms with Gasteiger partial charge >= 0.3 is 0 Å². The van der Waals surface area contributed by atoms with Gasteiger partial charge in [-0.05, 0) is 43.3 Å². The highest BCUT2D eigenvalue weighted by Crippen LogP contribution is 2.21. The van der Waals surface area contributed by atoms with Gasteiger partial charge in [0.15, 0.2) is 0 Å². The molecule has 0 bridgehead atoms. The molecular formula is C15H11Cl2N3O. The van der Waals surface area contributed by atoms with Crippen molar-refractivity contribution < 1.29 is 4.79 Å². The van der Waals surface area contributed by atoms with Crippen LogP contribution in [0, 0.1) is 6.92 Å². The van der Waals surface area contributed by atoms with Gasteiger partial charge in [-0.2, -0.15) is 0 Å². The van der Waals surface area contributed by atoms with Crippen molar-refractivity contribution in [3.63, 3.8) is 0 Å². The van der Waals surface area contributed by atoms with Gasteiger partial charge in [0.2, 0.25) is 0 Å². The normalized spacial score (nSPS) is 10.8. The van der Waals surface area contributed by atoms with Gasteiger partial charge in [-0.3, -0.25) is 4.79 Å². The number of benzene rings is 1. The number of aryl methyl sites for hydroxylation is 1. The van der Waals surface area contributed by atoms with Crippen molar-refractivity contribution in [1.82, 2.24) is 9.97 Å². The Labute approximate surface area is 131 Å². The number of carbonyl (C=O) groups excluding carboxylic acids is 1. The van der Waals surface area contributed by atoms with Crippen LogP contribution in [0.4, 0.5) is 5.69 Å². The first-order valence-corrected chi connectivity index (χ1v) is 7.01. The first-order valence-electron chi connectivity index (χ1n) is 6.25. The van der Waals surface area contributed by atoms with Crippen LogP contribution in [0.3, 0.4) is 0 Å². The predicted molar refractivity (Wildman–Crippen MR) is 85.2 cm³/mol. The van der Waals surface area contributed by atoms with Crippen LogP contribution < -0.4 is 5.32 Å². The lowest BCUT2D eigenvalue weighted by molar-refractivity contribution is 0.102. The summed E-state index contributed by atoms with van der Waals surface area (Å²) in [7, 11) is 0. The van der Waals surface area contributed by atoms with Crippen molar-refractivity contribution >= 4 is 45.7 Å². The number of pyridine rings is 1. The Morgan fingerprint density at radius 1 is 1.14 bits per heavy atom. The van der Waals surface area contributed by atoms with E-state index in [0.29, 0.717) is 11.3 Å². The zero-order valence-corrected chi connectivity index (χ0v) is 12.6. The molecule has 106 valence electrons. The molecule has 0 radical (unpaired) electrons. The second-order valence-corrected chi connectivity index (χ2v) is 5.48. The molecule has 0 aliphatic carbocycles. The van der Waals surface area contributed by atoms with Gasteiger partial charge in [0.1, 0.15) is 10.3 Å². The monoisotopic (exact) mass is 319 g/mol. The molecule has 0 saturated heterocycles. The van der Waals surface area contributed by atoms with E-state index in [1.807, 2.05) is 31.2 Å². The summed E-state index contributed by atoms with van der Waals surface area (Å²) in [5.74, 6) is -0.284. The lowest BCUT2D eigenvalue weighted by atomic mass is 10.2. The van der Waals surface area contributed by atoms with Gasteiger partial charge in [-0.15, -0.1) is 0 Å². The number of hydrogen-bond donors (Lipinski definition) is 2. The van der Waals surface area contributed by atoms with E-state index in [1.54, 1.807) is 0 Å². The third-order valence-corrected chi connectivity index (χ3v) is 3.43. The first-order chi connectivity index (χ1) is 10.0. The molecule has 1 amide bonds. The van der Waals surface area contributed by atoms with Crippen LogP contribution in [0.1, 0.15) is 16.1 Å². The molecule has 2 heterocycles. The van der Waals surface area contributed by atoms with Gasteiger partial charge in [-0.1, -0.05) is 23.2 Å². The van der Waals surface area contributed by atoms with Crippen molar-refractivity contribution in [1.29, 1.82) is 0 Å². The molecule has 2 aromatic heterocycles. The standard InChI is InChI=1S/C15H11Cl2N3O/c1-8-4-9-5-11(2-3-12(9)18-8)19-15(21)10-6-13(16)20-14(17)7-10/h2-7,18H,1H3,(H,19,21). The lowest BCUT2D eigenvalue weighted by Gasteiger charge is -2.06. The van der Waals surface area contributed by atoms with Gasteiger partial charge < -0.3 is 10.3 Å². The molecule has 0 unspecified atom stereocenters. The molecule has 4 nitrogen and oxygen atoms in total. The number of fused-ring (bicyclic) bond motifs is 1. The van der Waals surface area contributed by atoms with Crippen LogP contribution in [-0.4, -0.2) is 15.9 Å². The van der Waals surface area contributed by atoms with E-state index in [2.05, 4.69) is 15.3 Å². The summed E-state index contributed by atoms with van der Waals surface area (Å²) in [6, 6.07) is 10.6. The summed E-state index contributed by atoms with van der Waals surface area (Å²) in [5, 5.41) is 4.22. The van der Waals surface area contributed by atoms with Crippen molar-refractivity contribution in [3.05, 3.63) is 58.0 Å². The van der Waals surface area contributed by atoms with Crippen LogP contribution in [0.15, 0.2) is 36.4 Å². The highest BCUT2D eigenvalue weighted by Gasteiger charge is 2.09. The van der Waals surface area contributed by atoms with E-state index < -0.39 is 0 Å². The highest BCUT2D eigenvalue weighted by molar-refractivity contribution is 6.33. The molecule has 6 heteroatoms. The fourth-order valence-electron chi connectivity index (χ4n) is 2.15. The number of nitrogens with one attached hydrogen (secondary N) is 2. The number of aromatic nitrogens is 2. The van der Waals surface area contributed by atoms with Crippen LogP contribution in [0.2, 0.25) is 10.3 Å². The average Bonchev–Trinajstić information content (AvgIpc) is 2.77. The molecule has 1 aromatic carbocycles. The van der Waals surface area contributed by atoms with E-state index in [4.69, 9.17) is 23.2 Å². The van der Waals surface area contributed by atoms with Crippen LogP contribution in [-0.2, 0) is 0 Å². The molecule has 0 fully saturated rings. The molecule has 3 aromatic rings. The predicted octanol–water partition coefficient (Wildman–Crippen LogP) is 4.43. The van der Waals surface area contributed by atoms with Crippen LogP contribution in [0.25, 0.3) is 10.9 Å². The van der Waals surface area contributed by atoms with E-state index in [0.717, 1.165) is 16.6 Å². The fourth-order valence-corrected chi connectivity index (χ4v) is 2.62. The maximum Gasteiger partial charge on any atom is 0.255 e. The highest BCUT2D eigenvalue weighted by atomic mass is 35.5. The van der Waals surface area contributed by atoms with E-state index >= 15 is 0 Å². The second kappa shape index (κ2) is 5.39. The molecule has 0 atom stereocenters. The van der Waals surface area contributed by atoms with Crippen molar-refractivity contribution in [2.24, 2.45) is 0 Å². The SMILES string of the molecule is Cc1cc2cc(NC(=O)c3cc(Cl)nc(Cl)c3)ccc2[nH]1. The number of rotatable bonds is 2. The Hall–Kier alpha value is -2.04. The summed E-state index contributed by atoms with van der Waals surface area (Å²) in [5.41, 5.74) is 3.17. The molecule has 2 N–H and O–H groups in total. The smallest absolute Gasteiger partial charge is 0.255 e. The number of hydrogen-bond acceptors (Lipinski definition) is 2. The summed E-state index contributed by atoms with van der Waals surface area (Å²) in [6.45, 7) is 1.99. The summed E-state index contributed by atoms with van der Waals surface area (Å²) >= 11 is 11.6. The minimum absolute atomic E-state index is 0.185. The Morgan fingerprint density at radius 3 is 2.57 bits per heavy atom. The van der Waals surface area contributed by atoms with Gasteiger partial charge in [0, 0.05) is 27.8 Å². The average molecular weight is 320 g/mol. The summed E-state index contributed by atoms with van der Waals surface area (Å²) in [6.07, 6.45) is 0. The minimum Gasteiger partial charge on any atom is -0.359 e. The van der Waals surface area contributed by atoms with E-state index in [9.17, 15) is 4.79 Å². The van der Waals surface area contributed by atoms with Gasteiger partial charge in [0.25, 0.3) is 5.91 Å². The quantitative estimate of drug-likeness (QED) is 0.686. The fraction of sp³-hybridized carbons (Fsp3) is 0.0667. The first kappa shape index (κ1) is 13.9. The molecule has 0 spiro atoms. The van der Waals surface area contributed by atoms with Crippen molar-refractivity contribution in [3.8, 4) is 0 Å². The topological polar surface area (TPSA) is 57.8 Å². The Morgan fingerprint density at radius 2 is 1.86 bits per heavy atom. The lowest BCUT2D eigenvalue weighted by Crippen LogP contribution is -2.12. The minimum atomic E-state index is -0.284. The third-order valence-electron chi connectivity index (χ3n) is 3.04. The maximum absolute atomic E-state index is 12.2. The summed E-state index contributed by atoms with van der Waals surface area (Å²) < 4.78 is 0. The number of carbonyl (C=O) groups is 1. The molecule has 0 aliphatic heterocycles. The third kappa shape index (κ3) is 3.01. The zero-order valence-electron chi connectivity index (χ0n) is 11.1. The molecule has 0 saturated carbocycles. The number of aromatic amines is 1. The van der Waals surface area contributed by atoms with Crippen molar-refractivity contribution in [2.75, 3.05) is 5.32 Å². The number of halogens is 2. The second-order valence-electron chi connectivity index (χ2n) is 4.71.